The number of nitrogens with one attached hydrogen (secondary N) is 2. The van der Waals surface area contributed by atoms with Gasteiger partial charge in [-0.05, 0) is 55.0 Å². The minimum atomic E-state index is -0.687. The largest absolute Gasteiger partial charge is 0.497 e. The summed E-state index contributed by atoms with van der Waals surface area (Å²) >= 11 is 0. The van der Waals surface area contributed by atoms with E-state index in [1.807, 2.05) is 24.3 Å². The van der Waals surface area contributed by atoms with Crippen molar-refractivity contribution in [3.63, 3.8) is 0 Å². The molecule has 4 rings (SSSR count). The number of methoxy groups -OCH3 is 1. The Labute approximate surface area is 193 Å². The van der Waals surface area contributed by atoms with Crippen LogP contribution >= 0.6 is 0 Å². The molecule has 1 heterocycles. The van der Waals surface area contributed by atoms with Crippen LogP contribution in [0.4, 0.5) is 11.4 Å². The Morgan fingerprint density at radius 1 is 1.09 bits per heavy atom. The standard InChI is InChI=1S/C24H20N4O6/c1-14-3-7-17(28(31)32)12-20(14)25-22(29)13-34-24(30)16-6-10-19-21(11-16)27-23(26-19)15-4-8-18(33-2)9-5-15/h3-12H,13H2,1-2H3,(H,25,29)(H,26,27). The van der Waals surface area contributed by atoms with Gasteiger partial charge in [0.05, 0.1) is 34.3 Å². The maximum Gasteiger partial charge on any atom is 0.338 e. The molecular weight excluding hydrogens is 440 g/mol. The number of carbonyl (C=O) groups is 2. The Morgan fingerprint density at radius 3 is 2.56 bits per heavy atom. The maximum absolute atomic E-state index is 12.5. The summed E-state index contributed by atoms with van der Waals surface area (Å²) in [6.07, 6.45) is 0. The zero-order valence-electron chi connectivity index (χ0n) is 18.3. The van der Waals surface area contributed by atoms with Crippen molar-refractivity contribution in [2.45, 2.75) is 6.92 Å². The lowest BCUT2D eigenvalue weighted by Crippen LogP contribution is -2.21. The second kappa shape index (κ2) is 9.41. The maximum atomic E-state index is 12.5. The van der Waals surface area contributed by atoms with Crippen LogP contribution in [0.2, 0.25) is 0 Å². The fourth-order valence-corrected chi connectivity index (χ4v) is 3.28. The van der Waals surface area contributed by atoms with Crippen molar-refractivity contribution in [1.29, 1.82) is 0 Å². The summed E-state index contributed by atoms with van der Waals surface area (Å²) < 4.78 is 10.3. The van der Waals surface area contributed by atoms with Gasteiger partial charge < -0.3 is 19.8 Å². The number of amides is 1. The van der Waals surface area contributed by atoms with Crippen LogP contribution < -0.4 is 10.1 Å². The number of aromatic nitrogens is 2. The van der Waals surface area contributed by atoms with Gasteiger partial charge in [0.25, 0.3) is 11.6 Å². The Kier molecular flexibility index (Phi) is 6.22. The van der Waals surface area contributed by atoms with Crippen LogP contribution in [0.25, 0.3) is 22.4 Å². The number of rotatable bonds is 7. The number of hydrogen-bond donors (Lipinski definition) is 2. The SMILES string of the molecule is COc1ccc(-c2nc3ccc(C(=O)OCC(=O)Nc4cc([N+](=O)[O-])ccc4C)cc3[nH]2)cc1. The van der Waals surface area contributed by atoms with Gasteiger partial charge in [0.1, 0.15) is 11.6 Å². The quantitative estimate of drug-likeness (QED) is 0.239. The van der Waals surface area contributed by atoms with Gasteiger partial charge in [-0.15, -0.1) is 0 Å². The van der Waals surface area contributed by atoms with Crippen LogP contribution in [0.15, 0.2) is 60.7 Å². The van der Waals surface area contributed by atoms with Crippen molar-refractivity contribution in [2.75, 3.05) is 19.0 Å². The number of nitro benzene ring substituents is 1. The number of nitrogens with zero attached hydrogens (tertiary/aromatic N) is 2. The highest BCUT2D eigenvalue weighted by Gasteiger charge is 2.15. The molecule has 10 heteroatoms. The van der Waals surface area contributed by atoms with E-state index < -0.39 is 23.4 Å². The summed E-state index contributed by atoms with van der Waals surface area (Å²) in [7, 11) is 1.59. The molecule has 0 aliphatic carbocycles. The van der Waals surface area contributed by atoms with Gasteiger partial charge in [0, 0.05) is 17.7 Å². The highest BCUT2D eigenvalue weighted by molar-refractivity contribution is 5.97. The topological polar surface area (TPSA) is 136 Å². The Balaban J connectivity index is 1.42. The van der Waals surface area contributed by atoms with Crippen molar-refractivity contribution in [1.82, 2.24) is 9.97 Å². The number of imidazole rings is 1. The number of carbonyl (C=O) groups excluding carboxylic acids is 2. The van der Waals surface area contributed by atoms with E-state index in [1.165, 1.54) is 18.2 Å². The van der Waals surface area contributed by atoms with Gasteiger partial charge in [-0.1, -0.05) is 6.07 Å². The van der Waals surface area contributed by atoms with Gasteiger partial charge in [-0.25, -0.2) is 9.78 Å². The number of esters is 1. The van der Waals surface area contributed by atoms with Crippen molar-refractivity contribution >= 4 is 34.3 Å². The van der Waals surface area contributed by atoms with Crippen molar-refractivity contribution in [2.24, 2.45) is 0 Å². The zero-order chi connectivity index (χ0) is 24.2. The molecule has 10 nitrogen and oxygen atoms in total. The van der Waals surface area contributed by atoms with E-state index in [-0.39, 0.29) is 16.9 Å². The van der Waals surface area contributed by atoms with Gasteiger partial charge in [-0.2, -0.15) is 0 Å². The summed E-state index contributed by atoms with van der Waals surface area (Å²) in [5.74, 6) is 0.0687. The van der Waals surface area contributed by atoms with E-state index in [4.69, 9.17) is 9.47 Å². The van der Waals surface area contributed by atoms with Gasteiger partial charge in [0.2, 0.25) is 0 Å². The summed E-state index contributed by atoms with van der Waals surface area (Å²) in [5, 5.41) is 13.5. The molecule has 172 valence electrons. The molecule has 0 aliphatic rings. The average Bonchev–Trinajstić information content (AvgIpc) is 3.27. The molecule has 0 saturated heterocycles. The van der Waals surface area contributed by atoms with Crippen LogP contribution in [-0.2, 0) is 9.53 Å². The minimum absolute atomic E-state index is 0.153. The lowest BCUT2D eigenvalue weighted by Gasteiger charge is -2.09. The number of non-ortho nitro benzene ring substituents is 1. The Morgan fingerprint density at radius 2 is 1.85 bits per heavy atom. The third-order valence-electron chi connectivity index (χ3n) is 5.12. The normalized spacial score (nSPS) is 10.6. The monoisotopic (exact) mass is 460 g/mol. The average molecular weight is 460 g/mol. The summed E-state index contributed by atoms with van der Waals surface area (Å²) in [6, 6.07) is 16.4. The summed E-state index contributed by atoms with van der Waals surface area (Å²) in [5.41, 5.74) is 3.17. The smallest absolute Gasteiger partial charge is 0.338 e. The molecule has 34 heavy (non-hydrogen) atoms. The molecule has 4 aromatic rings. The van der Waals surface area contributed by atoms with Gasteiger partial charge in [-0.3, -0.25) is 14.9 Å². The number of benzene rings is 3. The van der Waals surface area contributed by atoms with E-state index in [1.54, 1.807) is 32.2 Å². The number of H-pyrrole nitrogens is 1. The number of anilines is 1. The lowest BCUT2D eigenvalue weighted by molar-refractivity contribution is -0.384. The van der Waals surface area contributed by atoms with E-state index in [9.17, 15) is 19.7 Å². The molecule has 0 fully saturated rings. The molecule has 2 N–H and O–H groups in total. The first-order valence-corrected chi connectivity index (χ1v) is 10.2. The first kappa shape index (κ1) is 22.5. The number of aromatic amines is 1. The number of hydrogen-bond acceptors (Lipinski definition) is 7. The van der Waals surface area contributed by atoms with Gasteiger partial charge >= 0.3 is 5.97 Å². The second-order valence-electron chi connectivity index (χ2n) is 7.43. The molecule has 0 atom stereocenters. The van der Waals surface area contributed by atoms with Crippen LogP contribution in [-0.4, -0.2) is 40.5 Å². The predicted octanol–water partition coefficient (Wildman–Crippen LogP) is 4.25. The fourth-order valence-electron chi connectivity index (χ4n) is 3.28. The first-order chi connectivity index (χ1) is 16.3. The molecular formula is C24H20N4O6. The van der Waals surface area contributed by atoms with Crippen molar-refractivity contribution in [3.8, 4) is 17.1 Å². The highest BCUT2D eigenvalue weighted by Crippen LogP contribution is 2.24. The molecule has 0 aliphatic heterocycles. The number of ether oxygens (including phenoxy) is 2. The number of aryl methyl sites for hydroxylation is 1. The summed E-state index contributed by atoms with van der Waals surface area (Å²) in [4.78, 5) is 42.8. The van der Waals surface area contributed by atoms with E-state index >= 15 is 0 Å². The Hall–Kier alpha value is -4.73. The Bertz CT molecular complexity index is 1390. The number of nitro groups is 1. The van der Waals surface area contributed by atoms with E-state index in [0.717, 1.165) is 11.3 Å². The fraction of sp³-hybridized carbons (Fsp3) is 0.125. The molecule has 0 spiro atoms. The third-order valence-corrected chi connectivity index (χ3v) is 5.12. The second-order valence-corrected chi connectivity index (χ2v) is 7.43. The van der Waals surface area contributed by atoms with E-state index in [2.05, 4.69) is 15.3 Å². The lowest BCUT2D eigenvalue weighted by atomic mass is 10.2. The minimum Gasteiger partial charge on any atom is -0.497 e. The van der Waals surface area contributed by atoms with Gasteiger partial charge in [0.15, 0.2) is 6.61 Å². The predicted molar refractivity (Wildman–Crippen MR) is 125 cm³/mol. The zero-order valence-corrected chi connectivity index (χ0v) is 18.3. The molecule has 0 unspecified atom stereocenters. The molecule has 1 amide bonds. The van der Waals surface area contributed by atoms with Crippen molar-refractivity contribution in [3.05, 3.63) is 81.9 Å². The summed E-state index contributed by atoms with van der Waals surface area (Å²) in [6.45, 7) is 1.16. The molecule has 0 saturated carbocycles. The molecule has 0 radical (unpaired) electrons. The number of fused-ring (bicyclic) bond motifs is 1. The molecule has 3 aromatic carbocycles. The van der Waals surface area contributed by atoms with E-state index in [0.29, 0.717) is 22.4 Å². The van der Waals surface area contributed by atoms with Crippen molar-refractivity contribution < 1.29 is 24.0 Å². The van der Waals surface area contributed by atoms with Crippen LogP contribution in [0.3, 0.4) is 0 Å². The molecule has 1 aromatic heterocycles. The third kappa shape index (κ3) is 4.85. The van der Waals surface area contributed by atoms with Crippen LogP contribution in [0, 0.1) is 17.0 Å². The first-order valence-electron chi connectivity index (χ1n) is 10.2. The van der Waals surface area contributed by atoms with Crippen LogP contribution in [0.1, 0.15) is 15.9 Å². The highest BCUT2D eigenvalue weighted by atomic mass is 16.6. The molecule has 0 bridgehead atoms. The van der Waals surface area contributed by atoms with Crippen LogP contribution in [0.5, 0.6) is 5.75 Å².